The molecule has 4 aromatic rings. The molecule has 4 rings (SSSR count). The summed E-state index contributed by atoms with van der Waals surface area (Å²) >= 11 is 0. The van der Waals surface area contributed by atoms with E-state index in [0.29, 0.717) is 18.1 Å². The third kappa shape index (κ3) is 3.03. The number of aromatic nitrogens is 2. The Morgan fingerprint density at radius 3 is 2.42 bits per heavy atom. The molecule has 5 heteroatoms. The summed E-state index contributed by atoms with van der Waals surface area (Å²) in [6.45, 7) is 0.702. The molecule has 0 radical (unpaired) electrons. The van der Waals surface area contributed by atoms with Crippen LogP contribution in [0.5, 0.6) is 0 Å². The van der Waals surface area contributed by atoms with Crippen LogP contribution in [0.4, 0.5) is 0 Å². The van der Waals surface area contributed by atoms with Crippen LogP contribution < -0.4 is 0 Å². The summed E-state index contributed by atoms with van der Waals surface area (Å²) in [6.07, 6.45) is -0.526. The van der Waals surface area contributed by atoms with Gasteiger partial charge in [0.2, 0.25) is 6.29 Å². The van der Waals surface area contributed by atoms with Crippen molar-refractivity contribution in [2.45, 2.75) is 12.8 Å². The number of ether oxygens (including phenoxy) is 2. The summed E-state index contributed by atoms with van der Waals surface area (Å²) in [5.41, 5.74) is 3.08. The zero-order valence-corrected chi connectivity index (χ0v) is 14.8. The zero-order valence-electron chi connectivity index (χ0n) is 14.8. The third-order valence-corrected chi connectivity index (χ3v) is 4.35. The minimum atomic E-state index is -0.526. The number of hydrogen-bond donors (Lipinski definition) is 0. The van der Waals surface area contributed by atoms with Gasteiger partial charge in [0.15, 0.2) is 11.5 Å². The predicted octanol–water partition coefficient (Wildman–Crippen LogP) is 4.64. The van der Waals surface area contributed by atoms with Gasteiger partial charge in [-0.2, -0.15) is 5.10 Å². The topological polar surface area (TPSA) is 49.4 Å². The van der Waals surface area contributed by atoms with Gasteiger partial charge in [0.1, 0.15) is 5.69 Å². The summed E-state index contributed by atoms with van der Waals surface area (Å²) in [5, 5.41) is 5.87. The van der Waals surface area contributed by atoms with Crippen molar-refractivity contribution >= 4 is 10.9 Å². The molecule has 2 heterocycles. The molecule has 0 spiro atoms. The van der Waals surface area contributed by atoms with Gasteiger partial charge in [-0.05, 0) is 23.8 Å². The van der Waals surface area contributed by atoms with Gasteiger partial charge in [0, 0.05) is 19.6 Å². The summed E-state index contributed by atoms with van der Waals surface area (Å²) in [7, 11) is 3.17. The standard InChI is InChI=1S/C21H20N2O3/c1-24-21(25-2)19-13-12-18(26-19)20-16-10-6-7-11-17(16)23(22-20)14-15-8-4-3-5-9-15/h3-13,21H,14H2,1-2H3. The molecule has 2 aromatic heterocycles. The monoisotopic (exact) mass is 348 g/mol. The summed E-state index contributed by atoms with van der Waals surface area (Å²) in [6, 6.07) is 22.2. The second-order valence-electron chi connectivity index (χ2n) is 6.01. The second kappa shape index (κ2) is 7.15. The first kappa shape index (κ1) is 16.6. The van der Waals surface area contributed by atoms with Crippen molar-refractivity contribution in [1.82, 2.24) is 9.78 Å². The molecular weight excluding hydrogens is 328 g/mol. The molecule has 26 heavy (non-hydrogen) atoms. The molecule has 0 saturated carbocycles. The first-order valence-corrected chi connectivity index (χ1v) is 8.45. The Balaban J connectivity index is 1.76. The number of rotatable bonds is 6. The molecule has 0 aliphatic carbocycles. The lowest BCUT2D eigenvalue weighted by Gasteiger charge is -2.09. The van der Waals surface area contributed by atoms with Crippen LogP contribution >= 0.6 is 0 Å². The third-order valence-electron chi connectivity index (χ3n) is 4.35. The number of para-hydroxylation sites is 1. The van der Waals surface area contributed by atoms with Crippen LogP contribution in [-0.4, -0.2) is 24.0 Å². The normalized spacial score (nSPS) is 11.5. The minimum Gasteiger partial charge on any atom is -0.454 e. The Kier molecular flexibility index (Phi) is 4.56. The largest absolute Gasteiger partial charge is 0.454 e. The van der Waals surface area contributed by atoms with E-state index in [4.69, 9.17) is 19.0 Å². The smallest absolute Gasteiger partial charge is 0.216 e. The lowest BCUT2D eigenvalue weighted by molar-refractivity contribution is -0.117. The van der Waals surface area contributed by atoms with E-state index in [0.717, 1.165) is 16.6 Å². The molecule has 0 unspecified atom stereocenters. The quantitative estimate of drug-likeness (QED) is 0.477. The highest BCUT2D eigenvalue weighted by Crippen LogP contribution is 2.31. The molecule has 0 fully saturated rings. The molecule has 0 atom stereocenters. The van der Waals surface area contributed by atoms with Crippen molar-refractivity contribution in [3.05, 3.63) is 78.1 Å². The maximum atomic E-state index is 5.96. The van der Waals surface area contributed by atoms with Gasteiger partial charge in [-0.3, -0.25) is 4.68 Å². The van der Waals surface area contributed by atoms with Crippen LogP contribution in [-0.2, 0) is 16.0 Å². The van der Waals surface area contributed by atoms with Crippen LogP contribution in [0.3, 0.4) is 0 Å². The first-order valence-electron chi connectivity index (χ1n) is 8.45. The van der Waals surface area contributed by atoms with Gasteiger partial charge in [-0.25, -0.2) is 0 Å². The number of hydrogen-bond acceptors (Lipinski definition) is 4. The van der Waals surface area contributed by atoms with E-state index >= 15 is 0 Å². The molecule has 5 nitrogen and oxygen atoms in total. The van der Waals surface area contributed by atoms with Crippen molar-refractivity contribution in [1.29, 1.82) is 0 Å². The Hall–Kier alpha value is -2.89. The van der Waals surface area contributed by atoms with E-state index in [-0.39, 0.29) is 0 Å². The number of nitrogens with zero attached hydrogens (tertiary/aromatic N) is 2. The molecule has 0 aliphatic rings. The van der Waals surface area contributed by atoms with Gasteiger partial charge < -0.3 is 13.9 Å². The maximum absolute atomic E-state index is 5.96. The van der Waals surface area contributed by atoms with Crippen molar-refractivity contribution in [2.24, 2.45) is 0 Å². The molecule has 0 N–H and O–H groups in total. The SMILES string of the molecule is COC(OC)c1ccc(-c2nn(Cc3ccccc3)c3ccccc23)o1. The van der Waals surface area contributed by atoms with Crippen LogP contribution in [0.15, 0.2) is 71.1 Å². The lowest BCUT2D eigenvalue weighted by Crippen LogP contribution is -2.02. The Bertz CT molecular complexity index is 1000. The Morgan fingerprint density at radius 2 is 1.65 bits per heavy atom. The van der Waals surface area contributed by atoms with E-state index in [1.54, 1.807) is 14.2 Å². The zero-order chi connectivity index (χ0) is 17.9. The van der Waals surface area contributed by atoms with Crippen molar-refractivity contribution in [3.8, 4) is 11.5 Å². The van der Waals surface area contributed by atoms with Gasteiger partial charge >= 0.3 is 0 Å². The fraction of sp³-hybridized carbons (Fsp3) is 0.190. The van der Waals surface area contributed by atoms with Crippen LogP contribution in [0, 0.1) is 0 Å². The molecule has 0 saturated heterocycles. The summed E-state index contributed by atoms with van der Waals surface area (Å²) in [5.74, 6) is 1.31. The highest BCUT2D eigenvalue weighted by molar-refractivity contribution is 5.92. The maximum Gasteiger partial charge on any atom is 0.216 e. The van der Waals surface area contributed by atoms with Crippen molar-refractivity contribution in [2.75, 3.05) is 14.2 Å². The molecule has 0 amide bonds. The molecule has 0 aliphatic heterocycles. The van der Waals surface area contributed by atoms with E-state index in [1.165, 1.54) is 5.56 Å². The Morgan fingerprint density at radius 1 is 0.923 bits per heavy atom. The minimum absolute atomic E-state index is 0.526. The van der Waals surface area contributed by atoms with Crippen LogP contribution in [0.2, 0.25) is 0 Å². The molecule has 2 aromatic carbocycles. The number of furan rings is 1. The highest BCUT2D eigenvalue weighted by Gasteiger charge is 2.19. The number of methoxy groups -OCH3 is 2. The van der Waals surface area contributed by atoms with Gasteiger partial charge in [-0.15, -0.1) is 0 Å². The first-order chi connectivity index (χ1) is 12.8. The molecule has 0 bridgehead atoms. The second-order valence-corrected chi connectivity index (χ2v) is 6.01. The van der Waals surface area contributed by atoms with Gasteiger partial charge in [0.25, 0.3) is 0 Å². The van der Waals surface area contributed by atoms with Crippen LogP contribution in [0.1, 0.15) is 17.6 Å². The molecular formula is C21H20N2O3. The fourth-order valence-corrected chi connectivity index (χ4v) is 3.12. The summed E-state index contributed by atoms with van der Waals surface area (Å²) < 4.78 is 18.5. The average Bonchev–Trinajstić information content (AvgIpc) is 3.29. The predicted molar refractivity (Wildman–Crippen MR) is 99.7 cm³/mol. The van der Waals surface area contributed by atoms with Gasteiger partial charge in [-0.1, -0.05) is 48.5 Å². The number of fused-ring (bicyclic) bond motifs is 1. The highest BCUT2D eigenvalue weighted by atomic mass is 16.7. The van der Waals surface area contributed by atoms with E-state index in [1.807, 2.05) is 47.1 Å². The number of benzene rings is 2. The van der Waals surface area contributed by atoms with Gasteiger partial charge in [0.05, 0.1) is 12.1 Å². The van der Waals surface area contributed by atoms with E-state index < -0.39 is 6.29 Å². The van der Waals surface area contributed by atoms with Crippen molar-refractivity contribution in [3.63, 3.8) is 0 Å². The Labute approximate surface area is 151 Å². The lowest BCUT2D eigenvalue weighted by atomic mass is 10.2. The fourth-order valence-electron chi connectivity index (χ4n) is 3.12. The van der Waals surface area contributed by atoms with Crippen LogP contribution in [0.25, 0.3) is 22.4 Å². The van der Waals surface area contributed by atoms with E-state index in [9.17, 15) is 0 Å². The average molecular weight is 348 g/mol. The summed E-state index contributed by atoms with van der Waals surface area (Å²) in [4.78, 5) is 0. The van der Waals surface area contributed by atoms with E-state index in [2.05, 4.69) is 24.3 Å². The molecule has 132 valence electrons. The van der Waals surface area contributed by atoms with Crippen molar-refractivity contribution < 1.29 is 13.9 Å².